The molecular formula is C17H24N2O3. The highest BCUT2D eigenvalue weighted by atomic mass is 16.5. The third-order valence-electron chi connectivity index (χ3n) is 4.94. The van der Waals surface area contributed by atoms with E-state index in [0.717, 1.165) is 44.6 Å². The summed E-state index contributed by atoms with van der Waals surface area (Å²) in [6.45, 7) is 3.87. The van der Waals surface area contributed by atoms with Gasteiger partial charge in [0, 0.05) is 19.1 Å². The molecule has 0 unspecified atom stereocenters. The standard InChI is InChI=1S/C17H24N2O3/c20-16(21)17-8-4-9-18-15(17)7-10-19(13-17)11-12-22-14-5-2-1-3-6-14/h1-3,5-6,15,18H,4,7-13H2,(H,20,21)/t15-,17+/m1/s1. The van der Waals surface area contributed by atoms with Gasteiger partial charge in [-0.2, -0.15) is 0 Å². The van der Waals surface area contributed by atoms with Gasteiger partial charge < -0.3 is 15.2 Å². The molecule has 0 aromatic heterocycles. The van der Waals surface area contributed by atoms with Crippen molar-refractivity contribution in [3.63, 3.8) is 0 Å². The molecule has 22 heavy (non-hydrogen) atoms. The maximum atomic E-state index is 11.9. The lowest BCUT2D eigenvalue weighted by atomic mass is 9.70. The van der Waals surface area contributed by atoms with Crippen molar-refractivity contribution in [2.75, 3.05) is 32.8 Å². The van der Waals surface area contributed by atoms with Crippen LogP contribution in [-0.4, -0.2) is 54.8 Å². The zero-order valence-corrected chi connectivity index (χ0v) is 12.8. The minimum absolute atomic E-state index is 0.116. The minimum Gasteiger partial charge on any atom is -0.492 e. The molecule has 2 aliphatic heterocycles. The molecule has 2 N–H and O–H groups in total. The summed E-state index contributed by atoms with van der Waals surface area (Å²) >= 11 is 0. The van der Waals surface area contributed by atoms with E-state index in [9.17, 15) is 9.90 Å². The van der Waals surface area contributed by atoms with Crippen molar-refractivity contribution < 1.29 is 14.6 Å². The van der Waals surface area contributed by atoms with Crippen molar-refractivity contribution in [2.45, 2.75) is 25.3 Å². The number of nitrogens with one attached hydrogen (secondary N) is 1. The lowest BCUT2D eigenvalue weighted by Crippen LogP contribution is -2.63. The normalized spacial score (nSPS) is 28.8. The second-order valence-corrected chi connectivity index (χ2v) is 6.30. The molecule has 120 valence electrons. The topological polar surface area (TPSA) is 61.8 Å². The number of hydrogen-bond donors (Lipinski definition) is 2. The van der Waals surface area contributed by atoms with Crippen LogP contribution in [-0.2, 0) is 4.79 Å². The number of piperidine rings is 2. The molecule has 3 rings (SSSR count). The maximum Gasteiger partial charge on any atom is 0.312 e. The van der Waals surface area contributed by atoms with Crippen LogP contribution in [0.2, 0.25) is 0 Å². The quantitative estimate of drug-likeness (QED) is 0.865. The molecule has 0 bridgehead atoms. The number of carbonyl (C=O) groups is 1. The van der Waals surface area contributed by atoms with Gasteiger partial charge in [0.15, 0.2) is 0 Å². The molecule has 0 aliphatic carbocycles. The summed E-state index contributed by atoms with van der Waals surface area (Å²) < 4.78 is 5.73. The molecular weight excluding hydrogens is 280 g/mol. The second-order valence-electron chi connectivity index (χ2n) is 6.30. The number of aliphatic carboxylic acids is 1. The van der Waals surface area contributed by atoms with E-state index in [2.05, 4.69) is 10.2 Å². The molecule has 0 radical (unpaired) electrons. The number of benzene rings is 1. The van der Waals surface area contributed by atoms with Gasteiger partial charge in [-0.1, -0.05) is 18.2 Å². The van der Waals surface area contributed by atoms with E-state index in [4.69, 9.17) is 4.74 Å². The summed E-state index contributed by atoms with van der Waals surface area (Å²) in [6, 6.07) is 9.86. The largest absolute Gasteiger partial charge is 0.492 e. The second kappa shape index (κ2) is 6.67. The molecule has 5 nitrogen and oxygen atoms in total. The number of carboxylic acids is 1. The van der Waals surface area contributed by atoms with Gasteiger partial charge in [0.05, 0.1) is 5.41 Å². The predicted molar refractivity (Wildman–Crippen MR) is 84.1 cm³/mol. The Kier molecular flexibility index (Phi) is 4.64. The van der Waals surface area contributed by atoms with Crippen molar-refractivity contribution in [2.24, 2.45) is 5.41 Å². The van der Waals surface area contributed by atoms with Gasteiger partial charge in [0.1, 0.15) is 12.4 Å². The van der Waals surface area contributed by atoms with Gasteiger partial charge in [-0.15, -0.1) is 0 Å². The first-order chi connectivity index (χ1) is 10.7. The highest BCUT2D eigenvalue weighted by Gasteiger charge is 2.50. The Bertz CT molecular complexity index is 508. The Morgan fingerprint density at radius 1 is 1.41 bits per heavy atom. The summed E-state index contributed by atoms with van der Waals surface area (Å²) in [5, 5.41) is 13.2. The first-order valence-electron chi connectivity index (χ1n) is 8.08. The predicted octanol–water partition coefficient (Wildman–Crippen LogP) is 1.59. The van der Waals surface area contributed by atoms with Gasteiger partial charge in [-0.3, -0.25) is 9.69 Å². The maximum absolute atomic E-state index is 11.9. The zero-order valence-electron chi connectivity index (χ0n) is 12.8. The van der Waals surface area contributed by atoms with E-state index in [1.54, 1.807) is 0 Å². The highest BCUT2D eigenvalue weighted by Crippen LogP contribution is 2.37. The Hall–Kier alpha value is -1.59. The molecule has 1 aromatic rings. The summed E-state index contributed by atoms with van der Waals surface area (Å²) in [7, 11) is 0. The van der Waals surface area contributed by atoms with E-state index in [0.29, 0.717) is 13.2 Å². The monoisotopic (exact) mass is 304 g/mol. The molecule has 0 amide bonds. The fourth-order valence-corrected chi connectivity index (χ4v) is 3.73. The van der Waals surface area contributed by atoms with Crippen LogP contribution in [0.3, 0.4) is 0 Å². The van der Waals surface area contributed by atoms with Gasteiger partial charge >= 0.3 is 5.97 Å². The van der Waals surface area contributed by atoms with E-state index in [1.165, 1.54) is 0 Å². The number of nitrogens with zero attached hydrogens (tertiary/aromatic N) is 1. The van der Waals surface area contributed by atoms with Crippen LogP contribution in [0.5, 0.6) is 5.75 Å². The summed E-state index contributed by atoms with van der Waals surface area (Å²) in [6.07, 6.45) is 2.62. The van der Waals surface area contributed by atoms with Gasteiger partial charge in [-0.25, -0.2) is 0 Å². The molecule has 1 aromatic carbocycles. The van der Waals surface area contributed by atoms with Crippen LogP contribution in [0.15, 0.2) is 30.3 Å². The van der Waals surface area contributed by atoms with E-state index >= 15 is 0 Å². The van der Waals surface area contributed by atoms with Crippen molar-refractivity contribution >= 4 is 5.97 Å². The van der Waals surface area contributed by atoms with Gasteiger partial charge in [0.2, 0.25) is 0 Å². The highest BCUT2D eigenvalue weighted by molar-refractivity contribution is 5.76. The third kappa shape index (κ3) is 3.10. The fraction of sp³-hybridized carbons (Fsp3) is 0.588. The average Bonchev–Trinajstić information content (AvgIpc) is 2.55. The van der Waals surface area contributed by atoms with Crippen molar-refractivity contribution in [1.82, 2.24) is 10.2 Å². The molecule has 5 heteroatoms. The summed E-state index contributed by atoms with van der Waals surface area (Å²) in [5.74, 6) is 0.211. The Balaban J connectivity index is 1.56. The van der Waals surface area contributed by atoms with Crippen LogP contribution in [0.4, 0.5) is 0 Å². The zero-order chi connectivity index (χ0) is 15.4. The number of fused-ring (bicyclic) bond motifs is 1. The third-order valence-corrected chi connectivity index (χ3v) is 4.94. The average molecular weight is 304 g/mol. The van der Waals surface area contributed by atoms with E-state index in [1.807, 2.05) is 30.3 Å². The summed E-state index contributed by atoms with van der Waals surface area (Å²) in [5.41, 5.74) is -0.622. The Labute approximate surface area is 131 Å². The van der Waals surface area contributed by atoms with Crippen LogP contribution in [0.1, 0.15) is 19.3 Å². The minimum atomic E-state index is -0.654. The van der Waals surface area contributed by atoms with Crippen molar-refractivity contribution in [3.05, 3.63) is 30.3 Å². The number of para-hydroxylation sites is 1. The molecule has 2 fully saturated rings. The first-order valence-corrected chi connectivity index (χ1v) is 8.08. The van der Waals surface area contributed by atoms with Crippen LogP contribution >= 0.6 is 0 Å². The molecule has 2 atom stereocenters. The number of rotatable bonds is 5. The molecule has 2 aliphatic rings. The molecule has 2 saturated heterocycles. The Morgan fingerprint density at radius 3 is 3.00 bits per heavy atom. The van der Waals surface area contributed by atoms with Crippen molar-refractivity contribution in [1.29, 1.82) is 0 Å². The van der Waals surface area contributed by atoms with Gasteiger partial charge in [0.25, 0.3) is 0 Å². The van der Waals surface area contributed by atoms with Crippen LogP contribution in [0, 0.1) is 5.41 Å². The number of carboxylic acid groups (broad SMARTS) is 1. The number of likely N-dealkylation sites (tertiary alicyclic amines) is 1. The summed E-state index contributed by atoms with van der Waals surface area (Å²) in [4.78, 5) is 14.1. The lowest BCUT2D eigenvalue weighted by Gasteiger charge is -2.48. The first kappa shape index (κ1) is 15.3. The van der Waals surface area contributed by atoms with E-state index < -0.39 is 11.4 Å². The van der Waals surface area contributed by atoms with Crippen LogP contribution in [0.25, 0.3) is 0 Å². The number of ether oxygens (including phenoxy) is 1. The number of hydrogen-bond acceptors (Lipinski definition) is 4. The van der Waals surface area contributed by atoms with Gasteiger partial charge in [-0.05, 0) is 44.5 Å². The fourth-order valence-electron chi connectivity index (χ4n) is 3.73. The Morgan fingerprint density at radius 2 is 2.23 bits per heavy atom. The SMILES string of the molecule is O=C(O)[C@]12CCCN[C@@H]1CCN(CCOc1ccccc1)C2. The smallest absolute Gasteiger partial charge is 0.312 e. The molecule has 0 spiro atoms. The molecule has 0 saturated carbocycles. The van der Waals surface area contributed by atoms with Crippen LogP contribution < -0.4 is 10.1 Å². The van der Waals surface area contributed by atoms with E-state index in [-0.39, 0.29) is 6.04 Å². The lowest BCUT2D eigenvalue weighted by molar-refractivity contribution is -0.157. The van der Waals surface area contributed by atoms with Crippen molar-refractivity contribution in [3.8, 4) is 5.75 Å². The molecule has 2 heterocycles.